The van der Waals surface area contributed by atoms with Crippen LogP contribution in [0.4, 0.5) is 14.9 Å². The van der Waals surface area contributed by atoms with Gasteiger partial charge in [0.15, 0.2) is 0 Å². The lowest BCUT2D eigenvalue weighted by Gasteiger charge is -2.13. The summed E-state index contributed by atoms with van der Waals surface area (Å²) in [5, 5.41) is 0.436. The quantitative estimate of drug-likeness (QED) is 0.525. The van der Waals surface area contributed by atoms with Crippen molar-refractivity contribution < 1.29 is 17.6 Å². The fourth-order valence-corrected chi connectivity index (χ4v) is 4.24. The van der Waals surface area contributed by atoms with Gasteiger partial charge in [-0.15, -0.1) is 11.8 Å². The molecule has 0 heterocycles. The molecule has 10 heteroatoms. The van der Waals surface area contributed by atoms with Crippen molar-refractivity contribution in [2.24, 2.45) is 0 Å². The number of anilines is 1. The minimum absolute atomic E-state index is 0.0427. The van der Waals surface area contributed by atoms with Crippen molar-refractivity contribution in [3.8, 4) is 0 Å². The van der Waals surface area contributed by atoms with E-state index in [-0.39, 0.29) is 4.90 Å². The van der Waals surface area contributed by atoms with Crippen LogP contribution in [0.2, 0.25) is 5.02 Å². The number of rotatable bonds is 5. The van der Waals surface area contributed by atoms with Gasteiger partial charge in [0.25, 0.3) is 10.0 Å². The Hall–Kier alpha value is -1.97. The number of hydrogen-bond acceptors (Lipinski definition) is 5. The summed E-state index contributed by atoms with van der Waals surface area (Å²) in [6.45, 7) is 1.67. The van der Waals surface area contributed by atoms with Crippen LogP contribution in [-0.2, 0) is 10.0 Å². The zero-order chi connectivity index (χ0) is 18.6. The lowest BCUT2D eigenvalue weighted by molar-refractivity contribution is 0.247. The minimum atomic E-state index is -4.09. The van der Waals surface area contributed by atoms with Crippen LogP contribution in [-0.4, -0.2) is 20.7 Å². The number of urea groups is 1. The van der Waals surface area contributed by atoms with E-state index in [1.807, 2.05) is 4.72 Å². The van der Waals surface area contributed by atoms with E-state index in [2.05, 4.69) is 10.9 Å². The number of sulfonamides is 1. The molecule has 0 aliphatic rings. The summed E-state index contributed by atoms with van der Waals surface area (Å²) in [6, 6.07) is 7.11. The number of halogens is 2. The van der Waals surface area contributed by atoms with Gasteiger partial charge in [-0.25, -0.2) is 22.3 Å². The molecule has 0 aliphatic carbocycles. The molecule has 0 radical (unpaired) electrons. The van der Waals surface area contributed by atoms with Gasteiger partial charge in [-0.3, -0.25) is 10.9 Å². The summed E-state index contributed by atoms with van der Waals surface area (Å²) in [5.74, 6) is -0.430. The Kier molecular flexibility index (Phi) is 6.15. The number of carbonyl (C=O) groups excluding carboxylic acids is 1. The second-order valence-electron chi connectivity index (χ2n) is 4.94. The number of carbonyl (C=O) groups is 1. The predicted octanol–water partition coefficient (Wildman–Crippen LogP) is 3.52. The van der Waals surface area contributed by atoms with E-state index in [1.165, 1.54) is 48.2 Å². The molecule has 2 aromatic rings. The molecule has 0 aromatic heterocycles. The summed E-state index contributed by atoms with van der Waals surface area (Å²) < 4.78 is 39.6. The van der Waals surface area contributed by atoms with Crippen molar-refractivity contribution >= 4 is 45.1 Å². The molecule has 0 unspecified atom stereocenters. The highest BCUT2D eigenvalue weighted by Gasteiger charge is 2.22. The maximum Gasteiger partial charge on any atom is 0.347 e. The topological polar surface area (TPSA) is 87.3 Å². The first-order valence-electron chi connectivity index (χ1n) is 6.91. The average molecular weight is 404 g/mol. The zero-order valence-electron chi connectivity index (χ0n) is 13.3. The van der Waals surface area contributed by atoms with Gasteiger partial charge in [0.2, 0.25) is 0 Å². The first-order chi connectivity index (χ1) is 11.7. The van der Waals surface area contributed by atoms with Crippen LogP contribution in [0.1, 0.15) is 5.56 Å². The first-order valence-corrected chi connectivity index (χ1v) is 10.00. The molecule has 0 bridgehead atoms. The van der Waals surface area contributed by atoms with Gasteiger partial charge in [0.05, 0.1) is 5.69 Å². The summed E-state index contributed by atoms with van der Waals surface area (Å²) in [7, 11) is -4.09. The Bertz CT molecular complexity index is 890. The maximum absolute atomic E-state index is 12.8. The second kappa shape index (κ2) is 7.94. The van der Waals surface area contributed by atoms with Crippen LogP contribution in [0.3, 0.4) is 0 Å². The SMILES string of the molecule is CSc1cc(Cl)c(C)cc1S(=O)(=O)NC(=O)NNc1ccc(F)cc1. The van der Waals surface area contributed by atoms with Crippen molar-refractivity contribution in [2.75, 3.05) is 11.7 Å². The van der Waals surface area contributed by atoms with Gasteiger partial charge in [0.1, 0.15) is 10.7 Å². The second-order valence-corrected chi connectivity index (χ2v) is 7.85. The molecule has 0 fully saturated rings. The fourth-order valence-electron chi connectivity index (χ4n) is 1.87. The third kappa shape index (κ3) is 5.00. The lowest BCUT2D eigenvalue weighted by atomic mass is 10.2. The normalized spacial score (nSPS) is 11.0. The molecule has 134 valence electrons. The number of hydrogen-bond donors (Lipinski definition) is 3. The summed E-state index contributed by atoms with van der Waals surface area (Å²) in [6.07, 6.45) is 1.70. The Morgan fingerprint density at radius 1 is 1.20 bits per heavy atom. The summed E-state index contributed by atoms with van der Waals surface area (Å²) in [5.41, 5.74) is 5.61. The fraction of sp³-hybridized carbons (Fsp3) is 0.133. The molecule has 0 aliphatic heterocycles. The molecule has 3 N–H and O–H groups in total. The Labute approximate surface area is 154 Å². The standard InChI is InChI=1S/C15H15ClFN3O3S2/c1-9-7-14(13(24-2)8-12(9)16)25(22,23)20-15(21)19-18-11-5-3-10(17)4-6-11/h3-8,18H,1-2H3,(H2,19,20,21). The van der Waals surface area contributed by atoms with Crippen LogP contribution in [0.15, 0.2) is 46.2 Å². The lowest BCUT2D eigenvalue weighted by Crippen LogP contribution is -2.42. The Morgan fingerprint density at radius 2 is 1.84 bits per heavy atom. The monoisotopic (exact) mass is 403 g/mol. The molecular formula is C15H15ClFN3O3S2. The maximum atomic E-state index is 12.8. The van der Waals surface area contributed by atoms with Crippen LogP contribution >= 0.6 is 23.4 Å². The van der Waals surface area contributed by atoms with E-state index in [0.29, 0.717) is 21.2 Å². The van der Waals surface area contributed by atoms with E-state index in [1.54, 1.807) is 13.2 Å². The molecule has 0 atom stereocenters. The zero-order valence-corrected chi connectivity index (χ0v) is 15.7. The van der Waals surface area contributed by atoms with Gasteiger partial charge in [-0.1, -0.05) is 11.6 Å². The molecule has 2 aromatic carbocycles. The highest BCUT2D eigenvalue weighted by Crippen LogP contribution is 2.30. The van der Waals surface area contributed by atoms with Crippen molar-refractivity contribution in [2.45, 2.75) is 16.7 Å². The number of aryl methyl sites for hydroxylation is 1. The van der Waals surface area contributed by atoms with E-state index < -0.39 is 21.9 Å². The van der Waals surface area contributed by atoms with E-state index in [9.17, 15) is 17.6 Å². The molecule has 2 amide bonds. The van der Waals surface area contributed by atoms with Gasteiger partial charge < -0.3 is 0 Å². The third-order valence-electron chi connectivity index (χ3n) is 3.13. The Balaban J connectivity index is 2.11. The van der Waals surface area contributed by atoms with Gasteiger partial charge in [-0.05, 0) is 55.1 Å². The highest BCUT2D eigenvalue weighted by molar-refractivity contribution is 7.99. The van der Waals surface area contributed by atoms with Crippen molar-refractivity contribution in [1.29, 1.82) is 0 Å². The van der Waals surface area contributed by atoms with Crippen LogP contribution in [0, 0.1) is 12.7 Å². The van der Waals surface area contributed by atoms with E-state index in [0.717, 1.165) is 0 Å². The third-order valence-corrected chi connectivity index (χ3v) is 5.81. The summed E-state index contributed by atoms with van der Waals surface area (Å²) in [4.78, 5) is 12.2. The number of benzene rings is 2. The van der Waals surface area contributed by atoms with E-state index >= 15 is 0 Å². The van der Waals surface area contributed by atoms with Crippen molar-refractivity contribution in [3.05, 3.63) is 52.8 Å². The van der Waals surface area contributed by atoms with Crippen LogP contribution < -0.4 is 15.6 Å². The van der Waals surface area contributed by atoms with Gasteiger partial charge in [-0.2, -0.15) is 0 Å². The molecule has 6 nitrogen and oxygen atoms in total. The minimum Gasteiger partial charge on any atom is -0.297 e. The van der Waals surface area contributed by atoms with Gasteiger partial charge >= 0.3 is 6.03 Å². The van der Waals surface area contributed by atoms with Crippen LogP contribution in [0.5, 0.6) is 0 Å². The summed E-state index contributed by atoms with van der Waals surface area (Å²) >= 11 is 7.20. The highest BCUT2D eigenvalue weighted by atomic mass is 35.5. The van der Waals surface area contributed by atoms with Crippen molar-refractivity contribution in [1.82, 2.24) is 10.1 Å². The average Bonchev–Trinajstić information content (AvgIpc) is 2.56. The predicted molar refractivity (Wildman–Crippen MR) is 96.8 cm³/mol. The van der Waals surface area contributed by atoms with Crippen LogP contribution in [0.25, 0.3) is 0 Å². The molecule has 0 saturated carbocycles. The first kappa shape index (κ1) is 19.4. The number of amides is 2. The smallest absolute Gasteiger partial charge is 0.297 e. The number of nitrogens with one attached hydrogen (secondary N) is 3. The molecular weight excluding hydrogens is 389 g/mol. The van der Waals surface area contributed by atoms with Crippen molar-refractivity contribution in [3.63, 3.8) is 0 Å². The molecule has 0 spiro atoms. The van der Waals surface area contributed by atoms with Gasteiger partial charge in [0, 0.05) is 9.92 Å². The van der Waals surface area contributed by atoms with E-state index in [4.69, 9.17) is 11.6 Å². The largest absolute Gasteiger partial charge is 0.347 e. The Morgan fingerprint density at radius 3 is 2.44 bits per heavy atom. The molecule has 25 heavy (non-hydrogen) atoms. The number of hydrazine groups is 1. The molecule has 2 rings (SSSR count). The number of thioether (sulfide) groups is 1. The molecule has 0 saturated heterocycles.